The summed E-state index contributed by atoms with van der Waals surface area (Å²) in [6.07, 6.45) is 3.50. The molecule has 49 heavy (non-hydrogen) atoms. The van der Waals surface area contributed by atoms with E-state index in [0.717, 1.165) is 33.8 Å². The number of aliphatic hydroxyl groups is 1. The van der Waals surface area contributed by atoms with Crippen molar-refractivity contribution >= 4 is 37.2 Å². The molecular formula is C37H43N5O6Si. The number of fused-ring (bicyclic) bond motifs is 3. The molecular weight excluding hydrogens is 639 g/mol. The van der Waals surface area contributed by atoms with Gasteiger partial charge in [0.1, 0.15) is 5.75 Å². The molecule has 2 N–H and O–H groups in total. The number of carbonyl (C=O) groups is 2. The van der Waals surface area contributed by atoms with Crippen LogP contribution in [0.2, 0.25) is 18.6 Å². The van der Waals surface area contributed by atoms with E-state index in [9.17, 15) is 19.5 Å². The van der Waals surface area contributed by atoms with Gasteiger partial charge in [-0.05, 0) is 73.5 Å². The second kappa shape index (κ2) is 12.8. The monoisotopic (exact) mass is 681 g/mol. The Balaban J connectivity index is 1.23. The van der Waals surface area contributed by atoms with Gasteiger partial charge in [-0.25, -0.2) is 0 Å². The van der Waals surface area contributed by atoms with Crippen LogP contribution in [-0.4, -0.2) is 64.8 Å². The molecule has 4 aromatic rings. The van der Waals surface area contributed by atoms with Gasteiger partial charge in [-0.15, -0.1) is 5.10 Å². The first-order valence-electron chi connectivity index (χ1n) is 17.0. The largest absolute Gasteiger partial charge is 0.497 e. The molecule has 1 spiro atoms. The number of carbonyl (C=O) groups excluding carboxylic acids is 2. The van der Waals surface area contributed by atoms with Crippen LogP contribution in [0.1, 0.15) is 42.1 Å². The Labute approximate surface area is 287 Å². The summed E-state index contributed by atoms with van der Waals surface area (Å²) in [6, 6.07) is 21.5. The number of hydrogen-bond acceptors (Lipinski definition) is 8. The maximum absolute atomic E-state index is 14.9. The lowest BCUT2D eigenvalue weighted by Gasteiger charge is -2.32. The van der Waals surface area contributed by atoms with E-state index in [-0.39, 0.29) is 36.4 Å². The molecule has 0 radical (unpaired) electrons. The third kappa shape index (κ3) is 5.76. The van der Waals surface area contributed by atoms with E-state index in [0.29, 0.717) is 43.7 Å². The van der Waals surface area contributed by atoms with Gasteiger partial charge in [0.2, 0.25) is 5.91 Å². The van der Waals surface area contributed by atoms with E-state index in [2.05, 4.69) is 16.4 Å². The Morgan fingerprint density at radius 1 is 1.04 bits per heavy atom. The van der Waals surface area contributed by atoms with Gasteiger partial charge in [-0.1, -0.05) is 42.5 Å². The molecule has 11 nitrogen and oxygen atoms in total. The molecule has 12 heteroatoms. The summed E-state index contributed by atoms with van der Waals surface area (Å²) in [6.45, 7) is 6.60. The average Bonchev–Trinajstić information content (AvgIpc) is 3.73. The van der Waals surface area contributed by atoms with Crippen molar-refractivity contribution in [3.63, 3.8) is 0 Å². The Bertz CT molecular complexity index is 1890. The van der Waals surface area contributed by atoms with Crippen LogP contribution in [-0.2, 0) is 45.9 Å². The second-order valence-corrected chi connectivity index (χ2v) is 17.9. The number of aryl methyl sites for hydroxylation is 2. The molecule has 1 fully saturated rings. The van der Waals surface area contributed by atoms with Crippen molar-refractivity contribution < 1.29 is 29.0 Å². The summed E-state index contributed by atoms with van der Waals surface area (Å²) >= 11 is 0. The van der Waals surface area contributed by atoms with Crippen LogP contribution in [0.5, 0.6) is 5.75 Å². The molecule has 4 heterocycles. The van der Waals surface area contributed by atoms with Crippen molar-refractivity contribution in [2.75, 3.05) is 23.5 Å². The standard InChI is InChI=1S/C37H43N5O6Si/c1-24-35(49(3,4)46)33(16-18-40-23-27(17-19-43)38-39-40)48-37(24)30-21-29(47-2)13-14-32(30)41(36(37)45)22-25-8-7-10-28(20-25)42-31-11-6-5-9-26(31)12-15-34(42)44/h5-11,13-14,20-21,23-24,33,35,43,46H,12,15-19,22H2,1-4H3/t24-,33+,35-,37+/m1/s1. The third-order valence-corrected chi connectivity index (χ3v) is 12.9. The van der Waals surface area contributed by atoms with Crippen molar-refractivity contribution in [3.05, 3.63) is 95.3 Å². The number of methoxy groups -OCH3 is 1. The lowest BCUT2D eigenvalue weighted by molar-refractivity contribution is -0.146. The lowest BCUT2D eigenvalue weighted by atomic mass is 9.82. The van der Waals surface area contributed by atoms with Crippen LogP contribution >= 0.6 is 0 Å². The third-order valence-electron chi connectivity index (χ3n) is 10.4. The number of para-hydroxylation sites is 1. The fourth-order valence-corrected chi connectivity index (χ4v) is 10.8. The maximum atomic E-state index is 14.9. The van der Waals surface area contributed by atoms with Gasteiger partial charge < -0.3 is 24.3 Å². The highest BCUT2D eigenvalue weighted by Gasteiger charge is 2.66. The zero-order valence-corrected chi connectivity index (χ0v) is 29.4. The van der Waals surface area contributed by atoms with Crippen molar-refractivity contribution in [2.45, 2.75) is 76.0 Å². The predicted molar refractivity (Wildman–Crippen MR) is 187 cm³/mol. The normalized spacial score (nSPS) is 23.3. The molecule has 256 valence electrons. The van der Waals surface area contributed by atoms with Gasteiger partial charge in [0.15, 0.2) is 13.9 Å². The van der Waals surface area contributed by atoms with Gasteiger partial charge in [-0.2, -0.15) is 0 Å². The number of ether oxygens (including phenoxy) is 2. The first-order chi connectivity index (χ1) is 23.5. The number of amides is 2. The zero-order chi connectivity index (χ0) is 34.5. The Kier molecular flexibility index (Phi) is 8.68. The highest BCUT2D eigenvalue weighted by molar-refractivity contribution is 6.71. The summed E-state index contributed by atoms with van der Waals surface area (Å²) < 4.78 is 14.4. The quantitative estimate of drug-likeness (QED) is 0.227. The Morgan fingerprint density at radius 2 is 1.86 bits per heavy atom. The van der Waals surface area contributed by atoms with E-state index >= 15 is 0 Å². The van der Waals surface area contributed by atoms with E-state index in [1.54, 1.807) is 21.6 Å². The summed E-state index contributed by atoms with van der Waals surface area (Å²) in [5, 5.41) is 17.7. The van der Waals surface area contributed by atoms with Crippen LogP contribution in [0.4, 0.5) is 17.1 Å². The zero-order valence-electron chi connectivity index (χ0n) is 28.4. The lowest BCUT2D eigenvalue weighted by Crippen LogP contribution is -2.46. The number of aromatic nitrogens is 3. The molecule has 7 rings (SSSR count). The van der Waals surface area contributed by atoms with Crippen molar-refractivity contribution in [1.29, 1.82) is 0 Å². The van der Waals surface area contributed by atoms with Crippen molar-refractivity contribution in [2.24, 2.45) is 5.92 Å². The van der Waals surface area contributed by atoms with Crippen molar-refractivity contribution in [3.8, 4) is 5.75 Å². The molecule has 3 aromatic carbocycles. The minimum absolute atomic E-state index is 0.00699. The molecule has 1 aromatic heterocycles. The Hall–Kier alpha value is -4.36. The van der Waals surface area contributed by atoms with Gasteiger partial charge >= 0.3 is 0 Å². The molecule has 2 amide bonds. The van der Waals surface area contributed by atoms with E-state index in [1.807, 2.05) is 86.9 Å². The van der Waals surface area contributed by atoms with Crippen LogP contribution in [0.3, 0.4) is 0 Å². The topological polar surface area (TPSA) is 130 Å². The Morgan fingerprint density at radius 3 is 2.63 bits per heavy atom. The molecule has 0 unspecified atom stereocenters. The minimum Gasteiger partial charge on any atom is -0.497 e. The van der Waals surface area contributed by atoms with E-state index in [4.69, 9.17) is 9.47 Å². The van der Waals surface area contributed by atoms with Gasteiger partial charge in [0.25, 0.3) is 5.91 Å². The highest BCUT2D eigenvalue weighted by atomic mass is 28.4. The first kappa shape index (κ1) is 33.1. The SMILES string of the molecule is COc1ccc2c(c1)[C@]1(O[C@@H](CCn3cc(CCO)nn3)[C@H]([Si](C)(C)O)[C@H]1C)C(=O)N2Cc1cccc(N2C(=O)CCc3ccccc32)c1. The number of hydrogen-bond donors (Lipinski definition) is 2. The van der Waals surface area contributed by atoms with Gasteiger partial charge in [0, 0.05) is 54.9 Å². The van der Waals surface area contributed by atoms with Crippen LogP contribution < -0.4 is 14.5 Å². The smallest absolute Gasteiger partial charge is 0.264 e. The summed E-state index contributed by atoms with van der Waals surface area (Å²) in [7, 11) is -1.26. The fourth-order valence-electron chi connectivity index (χ4n) is 8.23. The average molecular weight is 682 g/mol. The summed E-state index contributed by atoms with van der Waals surface area (Å²) in [5.74, 6) is 0.153. The molecule has 0 aliphatic carbocycles. The number of anilines is 3. The van der Waals surface area contributed by atoms with E-state index < -0.39 is 20.0 Å². The number of rotatable bonds is 10. The van der Waals surface area contributed by atoms with E-state index in [1.165, 1.54) is 0 Å². The van der Waals surface area contributed by atoms with Crippen LogP contribution in [0, 0.1) is 5.92 Å². The van der Waals surface area contributed by atoms with Gasteiger partial charge in [-0.3, -0.25) is 19.2 Å². The molecule has 3 aliphatic heterocycles. The molecule has 1 saturated heterocycles. The maximum Gasteiger partial charge on any atom is 0.264 e. The highest BCUT2D eigenvalue weighted by Crippen LogP contribution is 2.60. The fraction of sp³-hybridized carbons (Fsp3) is 0.405. The van der Waals surface area contributed by atoms with Crippen LogP contribution in [0.15, 0.2) is 72.9 Å². The van der Waals surface area contributed by atoms with Crippen molar-refractivity contribution in [1.82, 2.24) is 15.0 Å². The number of aliphatic hydroxyl groups excluding tert-OH is 1. The molecule has 4 atom stereocenters. The molecule has 3 aliphatic rings. The predicted octanol–water partition coefficient (Wildman–Crippen LogP) is 4.87. The number of benzene rings is 3. The van der Waals surface area contributed by atoms with Crippen LogP contribution in [0.25, 0.3) is 0 Å². The molecule has 0 bridgehead atoms. The summed E-state index contributed by atoms with van der Waals surface area (Å²) in [5.41, 5.74) is 4.27. The minimum atomic E-state index is -2.86. The second-order valence-electron chi connectivity index (χ2n) is 13.9. The summed E-state index contributed by atoms with van der Waals surface area (Å²) in [4.78, 5) is 43.4. The number of nitrogens with zero attached hydrogens (tertiary/aromatic N) is 5. The molecule has 0 saturated carbocycles. The first-order valence-corrected chi connectivity index (χ1v) is 20.0. The van der Waals surface area contributed by atoms with Gasteiger partial charge in [0.05, 0.1) is 36.8 Å².